The van der Waals surface area contributed by atoms with Gasteiger partial charge in [-0.15, -0.1) is 0 Å². The molecule has 2 amide bonds. The molecular weight excluding hydrogens is 400 g/mol. The molecule has 2 aromatic rings. The van der Waals surface area contributed by atoms with Gasteiger partial charge in [0.1, 0.15) is 11.8 Å². The molecule has 10 heteroatoms. The summed E-state index contributed by atoms with van der Waals surface area (Å²) in [5.74, 6) is 1.21. The van der Waals surface area contributed by atoms with Crippen molar-refractivity contribution in [2.24, 2.45) is 13.0 Å². The molecule has 2 heterocycles. The number of nitrogens with zero attached hydrogens (tertiary/aromatic N) is 3. The molecule has 0 aliphatic heterocycles. The van der Waals surface area contributed by atoms with E-state index in [-0.39, 0.29) is 29.6 Å². The number of aryl methyl sites for hydroxylation is 1. The first-order chi connectivity index (χ1) is 14.9. The lowest BCUT2D eigenvalue weighted by molar-refractivity contribution is -0.0506. The first-order valence-electron chi connectivity index (χ1n) is 10.8. The number of ether oxygens (including phenoxy) is 2. The Labute approximate surface area is 180 Å². The quantitative estimate of drug-likeness (QED) is 0.622. The van der Waals surface area contributed by atoms with Crippen LogP contribution in [0, 0.1) is 5.92 Å². The van der Waals surface area contributed by atoms with Crippen molar-refractivity contribution in [3.63, 3.8) is 0 Å². The lowest BCUT2D eigenvalue weighted by atomic mass is 9.50. The van der Waals surface area contributed by atoms with E-state index < -0.39 is 0 Å². The molecule has 0 unspecified atom stereocenters. The fourth-order valence-electron chi connectivity index (χ4n) is 5.11. The predicted molar refractivity (Wildman–Crippen MR) is 111 cm³/mol. The van der Waals surface area contributed by atoms with Gasteiger partial charge in [-0.3, -0.25) is 14.6 Å². The van der Waals surface area contributed by atoms with Gasteiger partial charge in [-0.2, -0.15) is 10.2 Å². The molecule has 4 fully saturated rings. The number of alkyl carbamates (subject to hydrolysis) is 1. The summed E-state index contributed by atoms with van der Waals surface area (Å²) in [7, 11) is 3.30. The smallest absolute Gasteiger partial charge is 0.407 e. The second kappa shape index (κ2) is 7.67. The average molecular weight is 428 g/mol. The highest BCUT2D eigenvalue weighted by atomic mass is 16.6. The Balaban J connectivity index is 1.13. The standard InChI is InChI=1S/C21H28N6O4/c1-27-17(6-14(26-27)11-30-2)19(28)22-18-7-16(24-25-18)13-3-4-15(5-13)31-20(29)23-21-8-12(9-21)10-21/h6-7,12-13,15H,3-5,8-11H2,1-2H3,(H,23,29)(H2,22,24,25,28)/t12?,13-,15+,21?/m0/s1. The summed E-state index contributed by atoms with van der Waals surface area (Å²) in [6.07, 6.45) is 5.41. The minimum Gasteiger partial charge on any atom is -0.446 e. The minimum atomic E-state index is -0.287. The Morgan fingerprint density at radius 3 is 2.81 bits per heavy atom. The molecule has 10 nitrogen and oxygen atoms in total. The molecule has 0 radical (unpaired) electrons. The first-order valence-corrected chi connectivity index (χ1v) is 10.8. The van der Waals surface area contributed by atoms with Gasteiger partial charge in [0.15, 0.2) is 5.82 Å². The average Bonchev–Trinajstić information content (AvgIpc) is 3.38. The molecule has 4 aliphatic carbocycles. The molecule has 31 heavy (non-hydrogen) atoms. The largest absolute Gasteiger partial charge is 0.446 e. The SMILES string of the molecule is COCc1cc(C(=O)Nc2cc([C@H]3CC[C@@H](OC(=O)NC45CC(C4)C5)C3)[nH]n2)n(C)n1. The Morgan fingerprint density at radius 2 is 2.10 bits per heavy atom. The van der Waals surface area contributed by atoms with Gasteiger partial charge in [-0.05, 0) is 50.5 Å². The van der Waals surface area contributed by atoms with Crippen LogP contribution in [0.25, 0.3) is 0 Å². The number of carbonyl (C=O) groups is 2. The van der Waals surface area contributed by atoms with E-state index in [1.54, 1.807) is 20.2 Å². The number of amides is 2. The topological polar surface area (TPSA) is 123 Å². The highest BCUT2D eigenvalue weighted by molar-refractivity contribution is 6.02. The van der Waals surface area contributed by atoms with Gasteiger partial charge in [-0.25, -0.2) is 4.79 Å². The molecule has 3 N–H and O–H groups in total. The summed E-state index contributed by atoms with van der Waals surface area (Å²) in [4.78, 5) is 24.8. The van der Waals surface area contributed by atoms with E-state index in [1.807, 2.05) is 6.07 Å². The van der Waals surface area contributed by atoms with Crippen LogP contribution in [-0.2, 0) is 23.1 Å². The van der Waals surface area contributed by atoms with E-state index in [0.717, 1.165) is 50.1 Å². The van der Waals surface area contributed by atoms with Gasteiger partial charge in [0.2, 0.25) is 0 Å². The number of aromatic nitrogens is 4. The molecule has 2 aromatic heterocycles. The minimum absolute atomic E-state index is 0.0361. The Hall–Kier alpha value is -2.88. The van der Waals surface area contributed by atoms with Gasteiger partial charge in [0, 0.05) is 37.4 Å². The van der Waals surface area contributed by atoms with Crippen LogP contribution in [-0.4, -0.2) is 50.7 Å². The van der Waals surface area contributed by atoms with Crippen molar-refractivity contribution >= 4 is 17.8 Å². The van der Waals surface area contributed by atoms with Crippen LogP contribution in [0.1, 0.15) is 66.3 Å². The summed E-state index contributed by atoms with van der Waals surface area (Å²) < 4.78 is 12.2. The molecule has 166 valence electrons. The van der Waals surface area contributed by atoms with Crippen LogP contribution in [0.4, 0.5) is 10.6 Å². The molecule has 6 rings (SSSR count). The first kappa shape index (κ1) is 20.0. The third kappa shape index (κ3) is 3.91. The summed E-state index contributed by atoms with van der Waals surface area (Å²) in [5, 5.41) is 17.4. The van der Waals surface area contributed by atoms with E-state index in [1.165, 1.54) is 4.68 Å². The van der Waals surface area contributed by atoms with Crippen molar-refractivity contribution in [1.82, 2.24) is 25.3 Å². The number of methoxy groups -OCH3 is 1. The Kier molecular flexibility index (Phi) is 4.96. The maximum atomic E-state index is 12.6. The number of anilines is 1. The number of rotatable bonds is 7. The number of hydrogen-bond acceptors (Lipinski definition) is 6. The van der Waals surface area contributed by atoms with Crippen molar-refractivity contribution in [2.45, 2.75) is 62.7 Å². The molecule has 0 saturated heterocycles. The zero-order valence-electron chi connectivity index (χ0n) is 17.8. The maximum absolute atomic E-state index is 12.6. The van der Waals surface area contributed by atoms with E-state index >= 15 is 0 Å². The van der Waals surface area contributed by atoms with Crippen molar-refractivity contribution < 1.29 is 19.1 Å². The third-order valence-corrected chi connectivity index (χ3v) is 6.80. The number of H-pyrrole nitrogens is 1. The maximum Gasteiger partial charge on any atom is 0.407 e. The van der Waals surface area contributed by atoms with Crippen LogP contribution in [0.3, 0.4) is 0 Å². The Morgan fingerprint density at radius 1 is 1.29 bits per heavy atom. The van der Waals surface area contributed by atoms with Crippen molar-refractivity contribution in [2.75, 3.05) is 12.4 Å². The van der Waals surface area contributed by atoms with E-state index in [9.17, 15) is 9.59 Å². The molecule has 2 atom stereocenters. The molecule has 4 aliphatic rings. The summed E-state index contributed by atoms with van der Waals surface area (Å²) in [6, 6.07) is 3.54. The summed E-state index contributed by atoms with van der Waals surface area (Å²) >= 11 is 0. The van der Waals surface area contributed by atoms with E-state index in [2.05, 4.69) is 25.9 Å². The molecule has 2 bridgehead atoms. The number of hydrogen-bond donors (Lipinski definition) is 3. The lowest BCUT2D eigenvalue weighted by Crippen LogP contribution is -2.68. The van der Waals surface area contributed by atoms with E-state index in [4.69, 9.17) is 9.47 Å². The van der Waals surface area contributed by atoms with Crippen molar-refractivity contribution in [1.29, 1.82) is 0 Å². The predicted octanol–water partition coefficient (Wildman–Crippen LogP) is 2.46. The number of nitrogens with one attached hydrogen (secondary N) is 3. The zero-order chi connectivity index (χ0) is 21.6. The lowest BCUT2D eigenvalue weighted by Gasteiger charge is -2.61. The number of carbonyl (C=O) groups excluding carboxylic acids is 2. The fourth-order valence-corrected chi connectivity index (χ4v) is 5.11. The van der Waals surface area contributed by atoms with Crippen molar-refractivity contribution in [3.8, 4) is 0 Å². The second-order valence-corrected chi connectivity index (χ2v) is 9.16. The Bertz CT molecular complexity index is 981. The molecular formula is C21H28N6O4. The third-order valence-electron chi connectivity index (χ3n) is 6.80. The monoisotopic (exact) mass is 428 g/mol. The summed E-state index contributed by atoms with van der Waals surface area (Å²) in [5.41, 5.74) is 2.09. The van der Waals surface area contributed by atoms with Gasteiger partial charge in [0.25, 0.3) is 5.91 Å². The zero-order valence-corrected chi connectivity index (χ0v) is 17.8. The van der Waals surface area contributed by atoms with Crippen LogP contribution in [0.2, 0.25) is 0 Å². The van der Waals surface area contributed by atoms with E-state index in [0.29, 0.717) is 23.8 Å². The van der Waals surface area contributed by atoms with Gasteiger partial charge in [-0.1, -0.05) is 0 Å². The molecule has 4 saturated carbocycles. The van der Waals surface area contributed by atoms with Gasteiger partial charge >= 0.3 is 6.09 Å². The highest BCUT2D eigenvalue weighted by Crippen LogP contribution is 2.57. The van der Waals surface area contributed by atoms with Crippen LogP contribution in [0.15, 0.2) is 12.1 Å². The van der Waals surface area contributed by atoms with Gasteiger partial charge in [0.05, 0.1) is 12.3 Å². The van der Waals surface area contributed by atoms with Gasteiger partial charge < -0.3 is 20.1 Å². The van der Waals surface area contributed by atoms with Crippen LogP contribution < -0.4 is 10.6 Å². The summed E-state index contributed by atoms with van der Waals surface area (Å²) in [6.45, 7) is 0.345. The fraction of sp³-hybridized carbons (Fsp3) is 0.619. The van der Waals surface area contributed by atoms with Crippen molar-refractivity contribution in [3.05, 3.63) is 29.2 Å². The van der Waals surface area contributed by atoms with Crippen LogP contribution >= 0.6 is 0 Å². The molecule has 0 aromatic carbocycles. The normalized spacial score (nSPS) is 28.5. The second-order valence-electron chi connectivity index (χ2n) is 9.16. The van der Waals surface area contributed by atoms with Crippen LogP contribution in [0.5, 0.6) is 0 Å². The number of aromatic amines is 1. The molecule has 0 spiro atoms. The highest BCUT2D eigenvalue weighted by Gasteiger charge is 2.57.